The van der Waals surface area contributed by atoms with Gasteiger partial charge >= 0.3 is 0 Å². The average Bonchev–Trinajstić information content (AvgIpc) is 2.42. The zero-order valence-corrected chi connectivity index (χ0v) is 11.0. The summed E-state index contributed by atoms with van der Waals surface area (Å²) in [5.74, 6) is -1.43. The molecule has 0 unspecified atom stereocenters. The molecule has 1 heterocycles. The van der Waals surface area contributed by atoms with Crippen molar-refractivity contribution >= 4 is 17.4 Å². The van der Waals surface area contributed by atoms with Crippen LogP contribution in [0.5, 0.6) is 0 Å². The third-order valence-electron chi connectivity index (χ3n) is 2.63. The Morgan fingerprint density at radius 3 is 2.70 bits per heavy atom. The lowest BCUT2D eigenvalue weighted by molar-refractivity contribution is 0.102. The highest BCUT2D eigenvalue weighted by Crippen LogP contribution is 2.19. The lowest BCUT2D eigenvalue weighted by Gasteiger charge is -2.15. The zero-order valence-electron chi connectivity index (χ0n) is 11.0. The molecule has 2 rings (SSSR count). The van der Waals surface area contributed by atoms with Crippen LogP contribution in [0.15, 0.2) is 36.5 Å². The highest BCUT2D eigenvalue weighted by molar-refractivity contribution is 6.07. The van der Waals surface area contributed by atoms with Gasteiger partial charge < -0.3 is 10.2 Å². The second-order valence-corrected chi connectivity index (χ2v) is 4.35. The predicted molar refractivity (Wildman–Crippen MR) is 72.9 cm³/mol. The van der Waals surface area contributed by atoms with Crippen LogP contribution in [-0.2, 0) is 0 Å². The number of nitrogens with one attached hydrogen (secondary N) is 1. The van der Waals surface area contributed by atoms with E-state index in [0.717, 1.165) is 18.2 Å². The molecule has 1 amide bonds. The van der Waals surface area contributed by atoms with Crippen LogP contribution in [-0.4, -0.2) is 25.0 Å². The zero-order chi connectivity index (χ0) is 14.7. The molecule has 1 N–H and O–H groups in total. The Labute approximate surface area is 115 Å². The molecule has 0 saturated carbocycles. The molecule has 20 heavy (non-hydrogen) atoms. The van der Waals surface area contributed by atoms with E-state index in [4.69, 9.17) is 0 Å². The van der Waals surface area contributed by atoms with Gasteiger partial charge in [-0.2, -0.15) is 0 Å². The molecular weight excluding hydrogens is 264 g/mol. The lowest BCUT2D eigenvalue weighted by atomic mass is 10.2. The normalized spacial score (nSPS) is 10.2. The first-order chi connectivity index (χ1) is 9.49. The number of anilines is 2. The smallest absolute Gasteiger partial charge is 0.259 e. The predicted octanol–water partition coefficient (Wildman–Crippen LogP) is 2.68. The number of amides is 1. The SMILES string of the molecule is CN(C)c1ncccc1C(=O)Nc1cc(F)ccc1F. The molecule has 104 valence electrons. The first-order valence-electron chi connectivity index (χ1n) is 5.88. The van der Waals surface area contributed by atoms with E-state index in [1.165, 1.54) is 0 Å². The van der Waals surface area contributed by atoms with E-state index in [-0.39, 0.29) is 11.3 Å². The Balaban J connectivity index is 2.31. The number of pyridine rings is 1. The molecule has 0 fully saturated rings. The van der Waals surface area contributed by atoms with Crippen molar-refractivity contribution in [2.45, 2.75) is 0 Å². The van der Waals surface area contributed by atoms with Gasteiger partial charge in [0.25, 0.3) is 5.91 Å². The number of hydrogen-bond acceptors (Lipinski definition) is 3. The monoisotopic (exact) mass is 277 g/mol. The van der Waals surface area contributed by atoms with Crippen molar-refractivity contribution in [2.24, 2.45) is 0 Å². The largest absolute Gasteiger partial charge is 0.362 e. The van der Waals surface area contributed by atoms with E-state index in [1.807, 2.05) is 0 Å². The molecule has 0 atom stereocenters. The number of rotatable bonds is 3. The minimum absolute atomic E-state index is 0.205. The van der Waals surface area contributed by atoms with Gasteiger partial charge in [0, 0.05) is 26.4 Å². The molecule has 4 nitrogen and oxygen atoms in total. The van der Waals surface area contributed by atoms with Crippen molar-refractivity contribution in [2.75, 3.05) is 24.3 Å². The number of aromatic nitrogens is 1. The Bertz CT molecular complexity index is 644. The molecule has 1 aromatic heterocycles. The minimum atomic E-state index is -0.699. The summed E-state index contributed by atoms with van der Waals surface area (Å²) in [5.41, 5.74) is 0.0738. The van der Waals surface area contributed by atoms with Crippen LogP contribution in [0.2, 0.25) is 0 Å². The Kier molecular flexibility index (Phi) is 3.93. The maximum Gasteiger partial charge on any atom is 0.259 e. The first-order valence-corrected chi connectivity index (χ1v) is 5.88. The number of benzene rings is 1. The van der Waals surface area contributed by atoms with E-state index in [0.29, 0.717) is 5.82 Å². The molecule has 0 aliphatic rings. The Morgan fingerprint density at radius 2 is 2.00 bits per heavy atom. The molecule has 0 radical (unpaired) electrons. The molecule has 2 aromatic rings. The van der Waals surface area contributed by atoms with E-state index in [1.54, 1.807) is 37.3 Å². The number of carbonyl (C=O) groups is 1. The van der Waals surface area contributed by atoms with Gasteiger partial charge in [-0.15, -0.1) is 0 Å². The maximum atomic E-state index is 13.5. The number of hydrogen-bond donors (Lipinski definition) is 1. The van der Waals surface area contributed by atoms with E-state index in [2.05, 4.69) is 10.3 Å². The van der Waals surface area contributed by atoms with Gasteiger partial charge in [0.1, 0.15) is 17.5 Å². The second-order valence-electron chi connectivity index (χ2n) is 4.35. The highest BCUT2D eigenvalue weighted by Gasteiger charge is 2.15. The molecule has 0 saturated heterocycles. The van der Waals surface area contributed by atoms with Gasteiger partial charge in [-0.1, -0.05) is 0 Å². The van der Waals surface area contributed by atoms with Gasteiger partial charge in [-0.3, -0.25) is 4.79 Å². The summed E-state index contributed by atoms with van der Waals surface area (Å²) in [6.45, 7) is 0. The summed E-state index contributed by atoms with van der Waals surface area (Å²) < 4.78 is 26.6. The molecular formula is C14H13F2N3O. The topological polar surface area (TPSA) is 45.2 Å². The van der Waals surface area contributed by atoms with Crippen LogP contribution >= 0.6 is 0 Å². The fraction of sp³-hybridized carbons (Fsp3) is 0.143. The van der Waals surface area contributed by atoms with E-state index in [9.17, 15) is 13.6 Å². The van der Waals surface area contributed by atoms with Crippen LogP contribution in [0.4, 0.5) is 20.3 Å². The minimum Gasteiger partial charge on any atom is -0.362 e. The molecule has 0 aliphatic heterocycles. The maximum absolute atomic E-state index is 13.5. The van der Waals surface area contributed by atoms with Crippen molar-refractivity contribution in [3.05, 3.63) is 53.7 Å². The highest BCUT2D eigenvalue weighted by atomic mass is 19.1. The summed E-state index contributed by atoms with van der Waals surface area (Å²) in [6, 6.07) is 6.04. The Morgan fingerprint density at radius 1 is 1.25 bits per heavy atom. The molecule has 0 spiro atoms. The van der Waals surface area contributed by atoms with Crippen LogP contribution in [0.25, 0.3) is 0 Å². The second kappa shape index (κ2) is 5.64. The molecule has 0 bridgehead atoms. The summed E-state index contributed by atoms with van der Waals surface area (Å²) >= 11 is 0. The van der Waals surface area contributed by atoms with Crippen molar-refractivity contribution < 1.29 is 13.6 Å². The average molecular weight is 277 g/mol. The quantitative estimate of drug-likeness (QED) is 0.938. The fourth-order valence-corrected chi connectivity index (χ4v) is 1.71. The Hall–Kier alpha value is -2.50. The standard InChI is InChI=1S/C14H13F2N3O/c1-19(2)13-10(4-3-7-17-13)14(20)18-12-8-9(15)5-6-11(12)16/h3-8H,1-2H3,(H,18,20). The van der Waals surface area contributed by atoms with Crippen molar-refractivity contribution in [3.8, 4) is 0 Å². The summed E-state index contributed by atoms with van der Waals surface area (Å²) in [4.78, 5) is 17.9. The van der Waals surface area contributed by atoms with Crippen molar-refractivity contribution in [1.82, 2.24) is 4.98 Å². The number of carbonyl (C=O) groups excluding carboxylic acids is 1. The van der Waals surface area contributed by atoms with Gasteiger partial charge in [-0.25, -0.2) is 13.8 Å². The first kappa shape index (κ1) is 13.9. The van der Waals surface area contributed by atoms with Crippen LogP contribution in [0, 0.1) is 11.6 Å². The summed E-state index contributed by atoms with van der Waals surface area (Å²) in [6.07, 6.45) is 1.55. The summed E-state index contributed by atoms with van der Waals surface area (Å²) in [7, 11) is 3.48. The van der Waals surface area contributed by atoms with E-state index >= 15 is 0 Å². The summed E-state index contributed by atoms with van der Waals surface area (Å²) in [5, 5.41) is 2.34. The van der Waals surface area contributed by atoms with Crippen LogP contribution in [0.3, 0.4) is 0 Å². The van der Waals surface area contributed by atoms with Crippen molar-refractivity contribution in [3.63, 3.8) is 0 Å². The fourth-order valence-electron chi connectivity index (χ4n) is 1.71. The van der Waals surface area contributed by atoms with E-state index < -0.39 is 17.5 Å². The van der Waals surface area contributed by atoms with Gasteiger partial charge in [0.2, 0.25) is 0 Å². The van der Waals surface area contributed by atoms with Gasteiger partial charge in [0.05, 0.1) is 11.3 Å². The van der Waals surface area contributed by atoms with Gasteiger partial charge in [0.15, 0.2) is 0 Å². The molecule has 1 aromatic carbocycles. The third-order valence-corrected chi connectivity index (χ3v) is 2.63. The number of nitrogens with zero attached hydrogens (tertiary/aromatic N) is 2. The lowest BCUT2D eigenvalue weighted by Crippen LogP contribution is -2.20. The van der Waals surface area contributed by atoms with Crippen LogP contribution < -0.4 is 10.2 Å². The van der Waals surface area contributed by atoms with Crippen LogP contribution in [0.1, 0.15) is 10.4 Å². The molecule has 0 aliphatic carbocycles. The molecule has 6 heteroatoms. The third kappa shape index (κ3) is 2.90. The van der Waals surface area contributed by atoms with Crippen molar-refractivity contribution in [1.29, 1.82) is 0 Å². The van der Waals surface area contributed by atoms with Gasteiger partial charge in [-0.05, 0) is 24.3 Å². The number of halogens is 2.